The lowest BCUT2D eigenvalue weighted by Crippen LogP contribution is -2.31. The highest BCUT2D eigenvalue weighted by Gasteiger charge is 2.24. The van der Waals surface area contributed by atoms with Gasteiger partial charge in [-0.05, 0) is 18.9 Å². The highest BCUT2D eigenvalue weighted by molar-refractivity contribution is 5.74. The topological polar surface area (TPSA) is 91.4 Å². The number of carbonyl (C=O) groups is 1. The van der Waals surface area contributed by atoms with E-state index in [2.05, 4.69) is 0 Å². The van der Waals surface area contributed by atoms with Crippen LogP contribution in [0.5, 0.6) is 0 Å². The maximum absolute atomic E-state index is 12.3. The maximum atomic E-state index is 12.3. The van der Waals surface area contributed by atoms with E-state index in [-0.39, 0.29) is 24.3 Å². The Morgan fingerprint density at radius 3 is 2.58 bits per heavy atom. The summed E-state index contributed by atoms with van der Waals surface area (Å²) in [5, 5.41) is 11.0. The Hall–Kier alpha value is -2.96. The van der Waals surface area contributed by atoms with Gasteiger partial charge >= 0.3 is 5.97 Å². The lowest BCUT2D eigenvalue weighted by atomic mass is 10.2. The van der Waals surface area contributed by atoms with Gasteiger partial charge in [0.2, 0.25) is 0 Å². The van der Waals surface area contributed by atoms with Gasteiger partial charge in [0.1, 0.15) is 12.6 Å². The van der Waals surface area contributed by atoms with Crippen molar-refractivity contribution in [3.63, 3.8) is 0 Å². The van der Waals surface area contributed by atoms with Crippen molar-refractivity contribution in [3.05, 3.63) is 74.2 Å². The number of aromatic nitrogens is 1. The second-order valence-electron chi connectivity index (χ2n) is 5.37. The highest BCUT2D eigenvalue weighted by atomic mass is 16.6. The lowest BCUT2D eigenvalue weighted by molar-refractivity contribution is -0.385. The molecule has 2 aromatic rings. The van der Waals surface area contributed by atoms with Crippen LogP contribution in [0.15, 0.2) is 47.4 Å². The average molecular weight is 330 g/mol. The van der Waals surface area contributed by atoms with Gasteiger partial charge in [-0.2, -0.15) is 0 Å². The second-order valence-corrected chi connectivity index (χ2v) is 5.37. The molecule has 0 saturated heterocycles. The number of nitro groups is 1. The molecule has 1 aromatic heterocycles. The Bertz CT molecular complexity index is 798. The number of hydrogen-bond donors (Lipinski definition) is 0. The summed E-state index contributed by atoms with van der Waals surface area (Å²) >= 11 is 0. The Labute approximate surface area is 138 Å². The van der Waals surface area contributed by atoms with Crippen molar-refractivity contribution in [2.75, 3.05) is 0 Å². The minimum absolute atomic E-state index is 0.0822. The van der Waals surface area contributed by atoms with Gasteiger partial charge < -0.3 is 4.74 Å². The molecule has 1 heterocycles. The largest absolute Gasteiger partial charge is 0.459 e. The Morgan fingerprint density at radius 1 is 1.33 bits per heavy atom. The van der Waals surface area contributed by atoms with Crippen LogP contribution < -0.4 is 5.56 Å². The van der Waals surface area contributed by atoms with Crippen molar-refractivity contribution >= 4 is 11.7 Å². The van der Waals surface area contributed by atoms with Crippen LogP contribution in [0.25, 0.3) is 0 Å². The summed E-state index contributed by atoms with van der Waals surface area (Å²) in [5.41, 5.74) is 0.354. The maximum Gasteiger partial charge on any atom is 0.329 e. The Balaban J connectivity index is 2.26. The molecule has 0 spiro atoms. The average Bonchev–Trinajstić information content (AvgIpc) is 2.58. The molecule has 0 saturated carbocycles. The van der Waals surface area contributed by atoms with Crippen molar-refractivity contribution in [3.8, 4) is 0 Å². The van der Waals surface area contributed by atoms with Crippen molar-refractivity contribution < 1.29 is 14.5 Å². The summed E-state index contributed by atoms with van der Waals surface area (Å²) in [7, 11) is 0. The summed E-state index contributed by atoms with van der Waals surface area (Å²) in [6, 6.07) is 9.44. The van der Waals surface area contributed by atoms with Gasteiger partial charge in [-0.3, -0.25) is 19.5 Å². The monoisotopic (exact) mass is 330 g/mol. The van der Waals surface area contributed by atoms with Crippen LogP contribution >= 0.6 is 0 Å². The number of nitrogens with zero attached hydrogens (tertiary/aromatic N) is 2. The van der Waals surface area contributed by atoms with E-state index < -0.39 is 22.5 Å². The van der Waals surface area contributed by atoms with Gasteiger partial charge in [0.05, 0.1) is 11.1 Å². The zero-order valence-corrected chi connectivity index (χ0v) is 13.5. The molecule has 0 aliphatic rings. The number of hydrogen-bond acceptors (Lipinski definition) is 5. The first-order valence-corrected chi connectivity index (χ1v) is 7.51. The fourth-order valence-corrected chi connectivity index (χ4v) is 2.36. The fourth-order valence-electron chi connectivity index (χ4n) is 2.36. The van der Waals surface area contributed by atoms with Gasteiger partial charge in [-0.25, -0.2) is 4.79 Å². The van der Waals surface area contributed by atoms with Crippen LogP contribution in [0.4, 0.5) is 5.69 Å². The Morgan fingerprint density at radius 2 is 2.00 bits per heavy atom. The van der Waals surface area contributed by atoms with Crippen molar-refractivity contribution in [2.24, 2.45) is 0 Å². The summed E-state index contributed by atoms with van der Waals surface area (Å²) in [6.07, 6.45) is 1.38. The molecule has 126 valence electrons. The summed E-state index contributed by atoms with van der Waals surface area (Å²) in [5.74, 6) is -0.594. The first-order chi connectivity index (χ1) is 11.4. The third-order valence-corrected chi connectivity index (χ3v) is 3.64. The molecule has 1 aromatic carbocycles. The zero-order valence-electron chi connectivity index (χ0n) is 13.5. The molecular formula is C17H18N2O5. The van der Waals surface area contributed by atoms with E-state index in [1.807, 2.05) is 30.3 Å². The van der Waals surface area contributed by atoms with Crippen LogP contribution in [0.1, 0.15) is 30.5 Å². The molecule has 0 fully saturated rings. The normalized spacial score (nSPS) is 11.8. The quantitative estimate of drug-likeness (QED) is 0.461. The molecule has 7 nitrogen and oxygen atoms in total. The second kappa shape index (κ2) is 7.54. The minimum atomic E-state index is -0.903. The summed E-state index contributed by atoms with van der Waals surface area (Å²) < 4.78 is 6.35. The van der Waals surface area contributed by atoms with Crippen LogP contribution in [-0.4, -0.2) is 15.5 Å². The number of esters is 1. The van der Waals surface area contributed by atoms with E-state index >= 15 is 0 Å². The van der Waals surface area contributed by atoms with Gasteiger partial charge in [0, 0.05) is 11.6 Å². The SMILES string of the molecule is CCC(C(=O)OCc1ccccc1)n1cc([N+](=O)[O-])cc(C)c1=O. The van der Waals surface area contributed by atoms with Crippen LogP contribution in [0, 0.1) is 17.0 Å². The van der Waals surface area contributed by atoms with Crippen LogP contribution in [-0.2, 0) is 16.1 Å². The van der Waals surface area contributed by atoms with Gasteiger partial charge in [0.25, 0.3) is 11.2 Å². The van der Waals surface area contributed by atoms with E-state index in [1.54, 1.807) is 6.92 Å². The molecule has 7 heteroatoms. The van der Waals surface area contributed by atoms with Gasteiger partial charge in [-0.1, -0.05) is 37.3 Å². The number of carbonyl (C=O) groups excluding carboxylic acids is 1. The number of aryl methyl sites for hydroxylation is 1. The van der Waals surface area contributed by atoms with E-state index in [9.17, 15) is 19.7 Å². The lowest BCUT2D eigenvalue weighted by Gasteiger charge is -2.17. The van der Waals surface area contributed by atoms with Crippen LogP contribution in [0.3, 0.4) is 0 Å². The fraction of sp³-hybridized carbons (Fsp3) is 0.294. The van der Waals surface area contributed by atoms with Crippen LogP contribution in [0.2, 0.25) is 0 Å². The molecule has 24 heavy (non-hydrogen) atoms. The van der Waals surface area contributed by atoms with Gasteiger partial charge in [0.15, 0.2) is 0 Å². The molecule has 0 aliphatic carbocycles. The smallest absolute Gasteiger partial charge is 0.329 e. The molecule has 0 radical (unpaired) electrons. The number of ether oxygens (including phenoxy) is 1. The summed E-state index contributed by atoms with van der Waals surface area (Å²) in [4.78, 5) is 35.0. The minimum Gasteiger partial charge on any atom is -0.459 e. The molecule has 1 atom stereocenters. The molecule has 2 rings (SSSR count). The summed E-state index contributed by atoms with van der Waals surface area (Å²) in [6.45, 7) is 3.28. The third kappa shape index (κ3) is 3.87. The molecular weight excluding hydrogens is 312 g/mol. The van der Waals surface area contributed by atoms with Crippen molar-refractivity contribution in [1.82, 2.24) is 4.57 Å². The number of benzene rings is 1. The zero-order chi connectivity index (χ0) is 17.7. The van der Waals surface area contributed by atoms with E-state index in [0.717, 1.165) is 16.3 Å². The standard InChI is InChI=1S/C17H18N2O5/c1-3-15(17(21)24-11-13-7-5-4-6-8-13)18-10-14(19(22)23)9-12(2)16(18)20/h4-10,15H,3,11H2,1-2H3. The van der Waals surface area contributed by atoms with Crippen molar-refractivity contribution in [2.45, 2.75) is 32.9 Å². The first kappa shape index (κ1) is 17.4. The Kier molecular flexibility index (Phi) is 5.47. The molecule has 0 amide bonds. The predicted molar refractivity (Wildman–Crippen MR) is 87.7 cm³/mol. The van der Waals surface area contributed by atoms with E-state index in [1.165, 1.54) is 13.0 Å². The number of rotatable bonds is 6. The molecule has 0 aliphatic heterocycles. The first-order valence-electron chi connectivity index (χ1n) is 7.51. The molecule has 0 bridgehead atoms. The van der Waals surface area contributed by atoms with Gasteiger partial charge in [-0.15, -0.1) is 0 Å². The molecule has 0 N–H and O–H groups in total. The number of pyridine rings is 1. The van der Waals surface area contributed by atoms with E-state index in [4.69, 9.17) is 4.74 Å². The highest BCUT2D eigenvalue weighted by Crippen LogP contribution is 2.17. The van der Waals surface area contributed by atoms with E-state index in [0.29, 0.717) is 0 Å². The third-order valence-electron chi connectivity index (χ3n) is 3.64. The molecule has 1 unspecified atom stereocenters. The predicted octanol–water partition coefficient (Wildman–Crippen LogP) is 2.76. The van der Waals surface area contributed by atoms with Crippen molar-refractivity contribution in [1.29, 1.82) is 0 Å².